The highest BCUT2D eigenvalue weighted by Crippen LogP contribution is 2.18. The van der Waals surface area contributed by atoms with Crippen molar-refractivity contribution in [1.29, 1.82) is 0 Å². The molecule has 0 fully saturated rings. The number of carbonyl (C=O) groups excluding carboxylic acids is 1. The normalized spacial score (nSPS) is 10.2. The van der Waals surface area contributed by atoms with Crippen molar-refractivity contribution in [2.45, 2.75) is 6.54 Å². The summed E-state index contributed by atoms with van der Waals surface area (Å²) in [6.07, 6.45) is 0. The van der Waals surface area contributed by atoms with Gasteiger partial charge in [0.25, 0.3) is 5.91 Å². The summed E-state index contributed by atoms with van der Waals surface area (Å²) in [6, 6.07) is 20.5. The lowest BCUT2D eigenvalue weighted by atomic mass is 10.1. The van der Waals surface area contributed by atoms with Crippen molar-refractivity contribution in [3.63, 3.8) is 0 Å². The summed E-state index contributed by atoms with van der Waals surface area (Å²) in [4.78, 5) is 12.0. The van der Waals surface area contributed by atoms with Crippen LogP contribution in [-0.4, -0.2) is 16.2 Å². The van der Waals surface area contributed by atoms with Crippen LogP contribution >= 0.6 is 12.2 Å². The van der Waals surface area contributed by atoms with Gasteiger partial charge in [0.2, 0.25) is 0 Å². The van der Waals surface area contributed by atoms with Gasteiger partial charge in [-0.1, -0.05) is 53.7 Å². The third-order valence-corrected chi connectivity index (χ3v) is 3.56. The third-order valence-electron chi connectivity index (χ3n) is 3.31. The van der Waals surface area contributed by atoms with Gasteiger partial charge in [0, 0.05) is 17.2 Å². The fourth-order valence-corrected chi connectivity index (χ4v) is 2.28. The van der Waals surface area contributed by atoms with Crippen molar-refractivity contribution >= 4 is 23.2 Å². The van der Waals surface area contributed by atoms with Crippen LogP contribution in [0.5, 0.6) is 0 Å². The number of aromatic nitrogens is 1. The second-order valence-electron chi connectivity index (χ2n) is 5.05. The van der Waals surface area contributed by atoms with Crippen molar-refractivity contribution in [3.8, 4) is 11.3 Å². The molecule has 1 aromatic heterocycles. The van der Waals surface area contributed by atoms with Crippen molar-refractivity contribution in [2.75, 3.05) is 0 Å². The molecule has 0 spiro atoms. The van der Waals surface area contributed by atoms with E-state index in [0.717, 1.165) is 11.3 Å². The van der Waals surface area contributed by atoms with E-state index in [-0.39, 0.29) is 11.0 Å². The molecule has 6 heteroatoms. The molecule has 0 radical (unpaired) electrons. The van der Waals surface area contributed by atoms with Gasteiger partial charge in [0.1, 0.15) is 5.69 Å². The lowest BCUT2D eigenvalue weighted by Gasteiger charge is -2.07. The van der Waals surface area contributed by atoms with Crippen LogP contribution in [0.2, 0.25) is 0 Å². The second-order valence-corrected chi connectivity index (χ2v) is 5.46. The van der Waals surface area contributed by atoms with Crippen molar-refractivity contribution in [3.05, 3.63) is 78.1 Å². The average molecular weight is 337 g/mol. The first-order chi connectivity index (χ1) is 11.7. The maximum atomic E-state index is 12.0. The fraction of sp³-hybridized carbons (Fsp3) is 0.0556. The van der Waals surface area contributed by atoms with Crippen molar-refractivity contribution in [2.24, 2.45) is 0 Å². The number of hydrogen-bond donors (Lipinski definition) is 2. The van der Waals surface area contributed by atoms with Crippen LogP contribution in [0.4, 0.5) is 0 Å². The van der Waals surface area contributed by atoms with Gasteiger partial charge in [-0.15, -0.1) is 0 Å². The van der Waals surface area contributed by atoms with Gasteiger partial charge in [-0.3, -0.25) is 10.1 Å². The van der Waals surface area contributed by atoms with Gasteiger partial charge in [0.15, 0.2) is 10.9 Å². The Kier molecular flexibility index (Phi) is 4.98. The van der Waals surface area contributed by atoms with Crippen LogP contribution in [-0.2, 0) is 6.54 Å². The molecule has 0 atom stereocenters. The van der Waals surface area contributed by atoms with E-state index >= 15 is 0 Å². The Morgan fingerprint density at radius 2 is 1.71 bits per heavy atom. The van der Waals surface area contributed by atoms with E-state index in [1.165, 1.54) is 0 Å². The number of thiocarbonyl (C=S) groups is 1. The molecule has 0 saturated heterocycles. The Morgan fingerprint density at radius 3 is 2.42 bits per heavy atom. The first-order valence-corrected chi connectivity index (χ1v) is 7.78. The molecule has 2 N–H and O–H groups in total. The number of carbonyl (C=O) groups is 1. The molecule has 5 nitrogen and oxygen atoms in total. The minimum absolute atomic E-state index is 0.238. The quantitative estimate of drug-likeness (QED) is 0.716. The smallest absolute Gasteiger partial charge is 0.257 e. The second kappa shape index (κ2) is 7.52. The Morgan fingerprint density at radius 1 is 1.04 bits per heavy atom. The van der Waals surface area contributed by atoms with Crippen LogP contribution in [0.1, 0.15) is 16.1 Å². The highest BCUT2D eigenvalue weighted by atomic mass is 32.1. The number of rotatable bonds is 4. The Labute approximate surface area is 144 Å². The molecule has 0 saturated carbocycles. The zero-order valence-electron chi connectivity index (χ0n) is 12.7. The Balaban J connectivity index is 1.54. The van der Waals surface area contributed by atoms with E-state index in [1.54, 1.807) is 24.3 Å². The number of hydrogen-bond acceptors (Lipinski definition) is 4. The van der Waals surface area contributed by atoms with Crippen LogP contribution in [0.25, 0.3) is 11.3 Å². The minimum Gasteiger partial charge on any atom is -0.359 e. The largest absolute Gasteiger partial charge is 0.359 e. The Bertz CT molecular complexity index is 832. The Hall–Kier alpha value is -2.99. The highest BCUT2D eigenvalue weighted by molar-refractivity contribution is 7.80. The van der Waals surface area contributed by atoms with E-state index in [2.05, 4.69) is 15.8 Å². The maximum Gasteiger partial charge on any atom is 0.257 e. The van der Waals surface area contributed by atoms with E-state index in [0.29, 0.717) is 17.9 Å². The molecule has 1 amide bonds. The molecule has 3 rings (SSSR count). The van der Waals surface area contributed by atoms with Crippen molar-refractivity contribution in [1.82, 2.24) is 15.8 Å². The summed E-state index contributed by atoms with van der Waals surface area (Å²) in [5.74, 6) is 0.376. The highest BCUT2D eigenvalue weighted by Gasteiger charge is 2.09. The summed E-state index contributed by atoms with van der Waals surface area (Å²) >= 11 is 5.12. The summed E-state index contributed by atoms with van der Waals surface area (Å²) in [5, 5.41) is 9.82. The van der Waals surface area contributed by atoms with E-state index < -0.39 is 0 Å². The minimum atomic E-state index is -0.254. The molecule has 2 aromatic carbocycles. The standard InChI is InChI=1S/C18H15N3O2S/c22-17(14-9-5-2-6-10-14)20-18(24)19-12-15-11-16(21-23-15)13-7-3-1-4-8-13/h1-11H,12H2,(H2,19,20,22,24). The molecule has 1 heterocycles. The summed E-state index contributed by atoms with van der Waals surface area (Å²) in [6.45, 7) is 0.341. The van der Waals surface area contributed by atoms with Gasteiger partial charge in [0.05, 0.1) is 6.54 Å². The predicted octanol–water partition coefficient (Wildman–Crippen LogP) is 3.15. The summed E-state index contributed by atoms with van der Waals surface area (Å²) in [7, 11) is 0. The van der Waals surface area contributed by atoms with Crippen LogP contribution in [0, 0.1) is 0 Å². The number of nitrogens with zero attached hydrogens (tertiary/aromatic N) is 1. The molecule has 24 heavy (non-hydrogen) atoms. The zero-order valence-corrected chi connectivity index (χ0v) is 13.5. The summed E-state index contributed by atoms with van der Waals surface area (Å²) < 4.78 is 5.27. The lowest BCUT2D eigenvalue weighted by Crippen LogP contribution is -2.38. The fourth-order valence-electron chi connectivity index (χ4n) is 2.12. The molecular weight excluding hydrogens is 322 g/mol. The molecular formula is C18H15N3O2S. The molecule has 0 aliphatic carbocycles. The number of amides is 1. The average Bonchev–Trinajstić information content (AvgIpc) is 3.10. The van der Waals surface area contributed by atoms with E-state index in [1.807, 2.05) is 42.5 Å². The topological polar surface area (TPSA) is 67.2 Å². The van der Waals surface area contributed by atoms with Gasteiger partial charge in [-0.2, -0.15) is 0 Å². The van der Waals surface area contributed by atoms with Crippen LogP contribution in [0.3, 0.4) is 0 Å². The van der Waals surface area contributed by atoms with Gasteiger partial charge in [-0.05, 0) is 24.4 Å². The first-order valence-electron chi connectivity index (χ1n) is 7.37. The van der Waals surface area contributed by atoms with Crippen LogP contribution in [0.15, 0.2) is 71.3 Å². The predicted molar refractivity (Wildman–Crippen MR) is 95.3 cm³/mol. The zero-order chi connectivity index (χ0) is 16.8. The molecule has 0 bridgehead atoms. The van der Waals surface area contributed by atoms with Gasteiger partial charge in [-0.25, -0.2) is 0 Å². The van der Waals surface area contributed by atoms with E-state index in [4.69, 9.17) is 16.7 Å². The molecule has 0 unspecified atom stereocenters. The van der Waals surface area contributed by atoms with E-state index in [9.17, 15) is 4.79 Å². The molecule has 120 valence electrons. The third kappa shape index (κ3) is 4.05. The van der Waals surface area contributed by atoms with Gasteiger partial charge < -0.3 is 9.84 Å². The van der Waals surface area contributed by atoms with Crippen molar-refractivity contribution < 1.29 is 9.32 Å². The van der Waals surface area contributed by atoms with Crippen LogP contribution < -0.4 is 10.6 Å². The molecule has 3 aromatic rings. The number of nitrogens with one attached hydrogen (secondary N) is 2. The van der Waals surface area contributed by atoms with Gasteiger partial charge >= 0.3 is 0 Å². The SMILES string of the molecule is O=C(NC(=S)NCc1cc(-c2ccccc2)no1)c1ccccc1. The molecule has 0 aliphatic rings. The molecule has 0 aliphatic heterocycles. The first kappa shape index (κ1) is 15.9. The lowest BCUT2D eigenvalue weighted by molar-refractivity contribution is 0.0976. The monoisotopic (exact) mass is 337 g/mol. The maximum absolute atomic E-state index is 12.0. The number of benzene rings is 2. The summed E-state index contributed by atoms with van der Waals surface area (Å²) in [5.41, 5.74) is 2.28.